The van der Waals surface area contributed by atoms with Crippen molar-refractivity contribution in [3.63, 3.8) is 0 Å². The highest BCUT2D eigenvalue weighted by Crippen LogP contribution is 2.30. The number of halogens is 3. The Hall–Kier alpha value is -3.29. The van der Waals surface area contributed by atoms with E-state index in [2.05, 4.69) is 4.74 Å². The Morgan fingerprint density at radius 2 is 1.38 bits per heavy atom. The molecular formula is C26H29F3O5. The van der Waals surface area contributed by atoms with Crippen LogP contribution in [0.25, 0.3) is 6.08 Å². The summed E-state index contributed by atoms with van der Waals surface area (Å²) < 4.78 is 52.1. The zero-order chi connectivity index (χ0) is 25.9. The Labute approximate surface area is 197 Å². The molecule has 8 heteroatoms. The Kier molecular flexibility index (Phi) is 7.86. The molecule has 0 amide bonds. The summed E-state index contributed by atoms with van der Waals surface area (Å²) in [6.45, 7) is 12.3. The molecule has 0 saturated heterocycles. The molecule has 0 aliphatic heterocycles. The first kappa shape index (κ1) is 27.0. The van der Waals surface area contributed by atoms with E-state index in [9.17, 15) is 22.8 Å². The molecule has 0 aliphatic rings. The summed E-state index contributed by atoms with van der Waals surface area (Å²) in [5.74, 6) is -0.718. The summed E-state index contributed by atoms with van der Waals surface area (Å²) in [5.41, 5.74) is 0.614. The summed E-state index contributed by atoms with van der Waals surface area (Å²) in [4.78, 5) is 24.9. The predicted octanol–water partition coefficient (Wildman–Crippen LogP) is 6.60. The standard InChI is InChI=1S/C26H29F3O5/c1-16-14-18(8-13-21(30)19-9-11-20(12-10-19)32-26(27,28)29)15-17(2)22(16)33-25(6,7)23(31)34-24(3,4)5/h8-15H,1-7H3/b13-8+. The van der Waals surface area contributed by atoms with Gasteiger partial charge in [0.2, 0.25) is 0 Å². The maximum Gasteiger partial charge on any atom is 0.573 e. The second kappa shape index (κ2) is 9.91. The van der Waals surface area contributed by atoms with Gasteiger partial charge in [-0.2, -0.15) is 0 Å². The van der Waals surface area contributed by atoms with Gasteiger partial charge in [-0.15, -0.1) is 13.2 Å². The lowest BCUT2D eigenvalue weighted by molar-refractivity contribution is -0.274. The fourth-order valence-electron chi connectivity index (χ4n) is 3.03. The number of alkyl halides is 3. The Morgan fingerprint density at radius 3 is 1.85 bits per heavy atom. The molecule has 2 aromatic rings. The van der Waals surface area contributed by atoms with E-state index in [0.29, 0.717) is 5.75 Å². The average Bonchev–Trinajstić information content (AvgIpc) is 2.67. The van der Waals surface area contributed by atoms with E-state index in [0.717, 1.165) is 28.8 Å². The van der Waals surface area contributed by atoms with E-state index in [1.165, 1.54) is 18.2 Å². The third-order valence-electron chi connectivity index (χ3n) is 4.53. The van der Waals surface area contributed by atoms with Crippen LogP contribution in [0.3, 0.4) is 0 Å². The molecule has 0 aromatic heterocycles. The molecular weight excluding hydrogens is 449 g/mol. The van der Waals surface area contributed by atoms with Gasteiger partial charge in [0.1, 0.15) is 17.1 Å². The van der Waals surface area contributed by atoms with Crippen LogP contribution in [0.1, 0.15) is 61.7 Å². The van der Waals surface area contributed by atoms with E-state index >= 15 is 0 Å². The zero-order valence-electron chi connectivity index (χ0n) is 20.3. The van der Waals surface area contributed by atoms with Gasteiger partial charge in [0.25, 0.3) is 0 Å². The predicted molar refractivity (Wildman–Crippen MR) is 123 cm³/mol. The molecule has 0 heterocycles. The Morgan fingerprint density at radius 1 is 0.853 bits per heavy atom. The van der Waals surface area contributed by atoms with Crippen LogP contribution in [0.5, 0.6) is 11.5 Å². The molecule has 0 bridgehead atoms. The van der Waals surface area contributed by atoms with Crippen LogP contribution < -0.4 is 9.47 Å². The van der Waals surface area contributed by atoms with Gasteiger partial charge in [-0.05, 0) is 108 Å². The fourth-order valence-corrected chi connectivity index (χ4v) is 3.03. The number of ketones is 1. The Balaban J connectivity index is 2.15. The van der Waals surface area contributed by atoms with Crippen molar-refractivity contribution in [3.05, 3.63) is 64.7 Å². The van der Waals surface area contributed by atoms with Gasteiger partial charge in [-0.3, -0.25) is 4.79 Å². The molecule has 2 rings (SSSR count). The van der Waals surface area contributed by atoms with E-state index < -0.39 is 29.3 Å². The van der Waals surface area contributed by atoms with Gasteiger partial charge >= 0.3 is 12.3 Å². The molecule has 0 radical (unpaired) electrons. The first-order valence-electron chi connectivity index (χ1n) is 10.6. The van der Waals surface area contributed by atoms with Crippen molar-refractivity contribution < 1.29 is 37.0 Å². The van der Waals surface area contributed by atoms with E-state index in [1.54, 1.807) is 52.8 Å². The van der Waals surface area contributed by atoms with Gasteiger partial charge in [0.15, 0.2) is 11.4 Å². The van der Waals surface area contributed by atoms with Crippen molar-refractivity contribution in [2.24, 2.45) is 0 Å². The number of esters is 1. The molecule has 0 spiro atoms. The average molecular weight is 479 g/mol. The number of hydrogen-bond donors (Lipinski definition) is 0. The van der Waals surface area contributed by atoms with Crippen LogP contribution in [0.4, 0.5) is 13.2 Å². The minimum absolute atomic E-state index is 0.221. The molecule has 0 fully saturated rings. The number of carbonyl (C=O) groups is 2. The maximum absolute atomic E-state index is 12.5. The summed E-state index contributed by atoms with van der Waals surface area (Å²) in [6.07, 6.45) is -1.86. The van der Waals surface area contributed by atoms with Gasteiger partial charge in [0.05, 0.1) is 0 Å². The van der Waals surface area contributed by atoms with Gasteiger partial charge < -0.3 is 14.2 Å². The first-order chi connectivity index (χ1) is 15.5. The third-order valence-corrected chi connectivity index (χ3v) is 4.53. The van der Waals surface area contributed by atoms with Gasteiger partial charge in [0, 0.05) is 5.56 Å². The highest BCUT2D eigenvalue weighted by atomic mass is 19.4. The molecule has 0 atom stereocenters. The number of rotatable bonds is 7. The summed E-state index contributed by atoms with van der Waals surface area (Å²) in [5, 5.41) is 0. The molecule has 0 unspecified atom stereocenters. The second-order valence-corrected chi connectivity index (χ2v) is 9.37. The third kappa shape index (κ3) is 7.93. The summed E-state index contributed by atoms with van der Waals surface area (Å²) >= 11 is 0. The van der Waals surface area contributed by atoms with Crippen molar-refractivity contribution >= 4 is 17.8 Å². The number of ether oxygens (including phenoxy) is 3. The van der Waals surface area contributed by atoms with Crippen molar-refractivity contribution in [3.8, 4) is 11.5 Å². The van der Waals surface area contributed by atoms with Gasteiger partial charge in [-0.1, -0.05) is 6.08 Å². The molecule has 5 nitrogen and oxygen atoms in total. The largest absolute Gasteiger partial charge is 0.573 e. The van der Waals surface area contributed by atoms with Crippen LogP contribution in [-0.2, 0) is 9.53 Å². The maximum atomic E-state index is 12.5. The lowest BCUT2D eigenvalue weighted by Crippen LogP contribution is -2.43. The minimum atomic E-state index is -4.79. The van der Waals surface area contributed by atoms with E-state index in [1.807, 2.05) is 13.8 Å². The minimum Gasteiger partial charge on any atom is -0.476 e. The van der Waals surface area contributed by atoms with Crippen LogP contribution in [-0.4, -0.2) is 29.3 Å². The molecule has 0 aliphatic carbocycles. The number of hydrogen-bond acceptors (Lipinski definition) is 5. The number of benzene rings is 2. The van der Waals surface area contributed by atoms with E-state index in [-0.39, 0.29) is 11.3 Å². The number of allylic oxidation sites excluding steroid dienone is 1. The molecule has 34 heavy (non-hydrogen) atoms. The fraction of sp³-hybridized carbons (Fsp3) is 0.385. The SMILES string of the molecule is Cc1cc(/C=C/C(=O)c2ccc(OC(F)(F)F)cc2)cc(C)c1OC(C)(C)C(=O)OC(C)(C)C. The summed E-state index contributed by atoms with van der Waals surface area (Å²) in [6, 6.07) is 8.30. The van der Waals surface area contributed by atoms with Crippen molar-refractivity contribution in [1.82, 2.24) is 0 Å². The van der Waals surface area contributed by atoms with Crippen molar-refractivity contribution in [2.75, 3.05) is 0 Å². The molecule has 184 valence electrons. The van der Waals surface area contributed by atoms with E-state index in [4.69, 9.17) is 9.47 Å². The normalized spacial score (nSPS) is 12.5. The highest BCUT2D eigenvalue weighted by Gasteiger charge is 2.35. The van der Waals surface area contributed by atoms with Crippen LogP contribution in [0, 0.1) is 13.8 Å². The van der Waals surface area contributed by atoms with Crippen LogP contribution >= 0.6 is 0 Å². The lowest BCUT2D eigenvalue weighted by Gasteiger charge is -2.30. The molecule has 0 saturated carbocycles. The topological polar surface area (TPSA) is 61.8 Å². The first-order valence-corrected chi connectivity index (χ1v) is 10.6. The molecule has 0 N–H and O–H groups in total. The Bertz CT molecular complexity index is 1050. The number of aryl methyl sites for hydroxylation is 2. The van der Waals surface area contributed by atoms with Crippen LogP contribution in [0.2, 0.25) is 0 Å². The van der Waals surface area contributed by atoms with Gasteiger partial charge in [-0.25, -0.2) is 4.79 Å². The summed E-state index contributed by atoms with van der Waals surface area (Å²) in [7, 11) is 0. The molecule has 2 aromatic carbocycles. The highest BCUT2D eigenvalue weighted by molar-refractivity contribution is 6.06. The lowest BCUT2D eigenvalue weighted by atomic mass is 10.0. The monoisotopic (exact) mass is 478 g/mol. The van der Waals surface area contributed by atoms with Crippen LogP contribution in [0.15, 0.2) is 42.5 Å². The van der Waals surface area contributed by atoms with Crippen molar-refractivity contribution in [2.45, 2.75) is 66.0 Å². The smallest absolute Gasteiger partial charge is 0.476 e. The van der Waals surface area contributed by atoms with Crippen molar-refractivity contribution in [1.29, 1.82) is 0 Å². The second-order valence-electron chi connectivity index (χ2n) is 9.37. The zero-order valence-corrected chi connectivity index (χ0v) is 20.3. The number of carbonyl (C=O) groups excluding carboxylic acids is 2. The quantitative estimate of drug-likeness (QED) is 0.255.